The Bertz CT molecular complexity index is 927. The van der Waals surface area contributed by atoms with Gasteiger partial charge in [-0.3, -0.25) is 14.4 Å². The Morgan fingerprint density at radius 2 is 0.684 bits per heavy atom. The molecule has 0 aliphatic heterocycles. The first-order chi connectivity index (χ1) is 28.0. The summed E-state index contributed by atoms with van der Waals surface area (Å²) >= 11 is 0. The SMILES string of the molecule is CC/C=C\C/C=C\CCCCC(=O)OCC(COC(=O)CCCCCCCCCCCCCCCCCC)OC(=O)CCCCCCCCCCCCCCCC. The van der Waals surface area contributed by atoms with Gasteiger partial charge in [0.1, 0.15) is 13.2 Å². The van der Waals surface area contributed by atoms with E-state index in [-0.39, 0.29) is 31.1 Å². The molecule has 0 radical (unpaired) electrons. The van der Waals surface area contributed by atoms with Crippen LogP contribution in [0.1, 0.15) is 265 Å². The minimum absolute atomic E-state index is 0.0767. The predicted octanol–water partition coefficient (Wildman–Crippen LogP) is 16.0. The summed E-state index contributed by atoms with van der Waals surface area (Å²) in [4.78, 5) is 37.8. The van der Waals surface area contributed by atoms with Crippen LogP contribution < -0.4 is 0 Å². The molecule has 1 unspecified atom stereocenters. The third kappa shape index (κ3) is 44.8. The van der Waals surface area contributed by atoms with Crippen LogP contribution in [0.4, 0.5) is 0 Å². The van der Waals surface area contributed by atoms with Crippen LogP contribution in [0, 0.1) is 0 Å². The molecule has 0 aromatic rings. The maximum atomic E-state index is 12.7. The molecule has 6 nitrogen and oxygen atoms in total. The smallest absolute Gasteiger partial charge is 0.306 e. The first-order valence-electron chi connectivity index (χ1n) is 24.8. The number of allylic oxidation sites excluding steroid dienone is 4. The molecular formula is C51H94O6. The molecular weight excluding hydrogens is 709 g/mol. The highest BCUT2D eigenvalue weighted by molar-refractivity contribution is 5.71. The quantitative estimate of drug-likeness (QED) is 0.0264. The van der Waals surface area contributed by atoms with Crippen molar-refractivity contribution in [2.75, 3.05) is 13.2 Å². The molecule has 6 heteroatoms. The lowest BCUT2D eigenvalue weighted by atomic mass is 10.0. The molecule has 0 amide bonds. The molecule has 0 aliphatic rings. The highest BCUT2D eigenvalue weighted by Gasteiger charge is 2.19. The topological polar surface area (TPSA) is 78.9 Å². The van der Waals surface area contributed by atoms with E-state index in [4.69, 9.17) is 14.2 Å². The molecule has 0 heterocycles. The first kappa shape index (κ1) is 54.9. The molecule has 0 bridgehead atoms. The third-order valence-electron chi connectivity index (χ3n) is 11.0. The average molecular weight is 803 g/mol. The van der Waals surface area contributed by atoms with Gasteiger partial charge in [0.15, 0.2) is 6.10 Å². The van der Waals surface area contributed by atoms with E-state index in [1.165, 1.54) is 154 Å². The van der Waals surface area contributed by atoms with Crippen LogP contribution in [0.15, 0.2) is 24.3 Å². The number of ether oxygens (including phenoxy) is 3. The lowest BCUT2D eigenvalue weighted by molar-refractivity contribution is -0.167. The van der Waals surface area contributed by atoms with E-state index < -0.39 is 6.10 Å². The Balaban J connectivity index is 4.29. The van der Waals surface area contributed by atoms with E-state index in [9.17, 15) is 14.4 Å². The molecule has 0 N–H and O–H groups in total. The van der Waals surface area contributed by atoms with E-state index in [1.54, 1.807) is 0 Å². The second-order valence-corrected chi connectivity index (χ2v) is 16.7. The van der Waals surface area contributed by atoms with Crippen molar-refractivity contribution in [2.24, 2.45) is 0 Å². The van der Waals surface area contributed by atoms with Gasteiger partial charge in [0.2, 0.25) is 0 Å². The molecule has 0 rings (SSSR count). The van der Waals surface area contributed by atoms with Crippen LogP contribution in [0.2, 0.25) is 0 Å². The fraction of sp³-hybridized carbons (Fsp3) is 0.863. The second-order valence-electron chi connectivity index (χ2n) is 16.7. The zero-order valence-electron chi connectivity index (χ0n) is 38.1. The van der Waals surface area contributed by atoms with Crippen molar-refractivity contribution in [3.05, 3.63) is 24.3 Å². The van der Waals surface area contributed by atoms with Gasteiger partial charge in [-0.25, -0.2) is 0 Å². The number of hydrogen-bond acceptors (Lipinski definition) is 6. The van der Waals surface area contributed by atoms with Crippen LogP contribution in [0.25, 0.3) is 0 Å². The summed E-state index contributed by atoms with van der Waals surface area (Å²) in [7, 11) is 0. The van der Waals surface area contributed by atoms with Gasteiger partial charge in [-0.15, -0.1) is 0 Å². The lowest BCUT2D eigenvalue weighted by Gasteiger charge is -2.18. The van der Waals surface area contributed by atoms with Gasteiger partial charge < -0.3 is 14.2 Å². The maximum absolute atomic E-state index is 12.7. The molecule has 0 saturated carbocycles. The number of carbonyl (C=O) groups excluding carboxylic acids is 3. The van der Waals surface area contributed by atoms with Crippen molar-refractivity contribution in [3.63, 3.8) is 0 Å². The van der Waals surface area contributed by atoms with Gasteiger partial charge in [-0.05, 0) is 44.9 Å². The van der Waals surface area contributed by atoms with Crippen molar-refractivity contribution in [1.29, 1.82) is 0 Å². The van der Waals surface area contributed by atoms with Gasteiger partial charge in [-0.2, -0.15) is 0 Å². The van der Waals surface area contributed by atoms with Gasteiger partial charge in [0.05, 0.1) is 0 Å². The van der Waals surface area contributed by atoms with Crippen molar-refractivity contribution in [1.82, 2.24) is 0 Å². The van der Waals surface area contributed by atoms with Crippen molar-refractivity contribution in [3.8, 4) is 0 Å². The Morgan fingerprint density at radius 3 is 1.05 bits per heavy atom. The average Bonchev–Trinajstić information content (AvgIpc) is 3.21. The minimum atomic E-state index is -0.776. The summed E-state index contributed by atoms with van der Waals surface area (Å²) in [6.45, 7) is 6.51. The molecule has 334 valence electrons. The largest absolute Gasteiger partial charge is 0.462 e. The van der Waals surface area contributed by atoms with Gasteiger partial charge in [0, 0.05) is 19.3 Å². The number of unbranched alkanes of at least 4 members (excludes halogenated alkanes) is 30. The van der Waals surface area contributed by atoms with Gasteiger partial charge in [0.25, 0.3) is 0 Å². The molecule has 0 aliphatic carbocycles. The summed E-state index contributed by atoms with van der Waals surface area (Å²) in [6, 6.07) is 0. The molecule has 0 fully saturated rings. The predicted molar refractivity (Wildman–Crippen MR) is 243 cm³/mol. The summed E-state index contributed by atoms with van der Waals surface area (Å²) in [5.74, 6) is -0.903. The molecule has 1 atom stereocenters. The minimum Gasteiger partial charge on any atom is -0.462 e. The molecule has 0 saturated heterocycles. The fourth-order valence-corrected chi connectivity index (χ4v) is 7.25. The third-order valence-corrected chi connectivity index (χ3v) is 11.0. The monoisotopic (exact) mass is 803 g/mol. The van der Waals surface area contributed by atoms with Crippen LogP contribution in [-0.4, -0.2) is 37.2 Å². The fourth-order valence-electron chi connectivity index (χ4n) is 7.25. The van der Waals surface area contributed by atoms with Crippen LogP contribution in [0.5, 0.6) is 0 Å². The number of hydrogen-bond donors (Lipinski definition) is 0. The van der Waals surface area contributed by atoms with E-state index in [0.717, 1.165) is 70.6 Å². The van der Waals surface area contributed by atoms with Crippen LogP contribution in [0.3, 0.4) is 0 Å². The van der Waals surface area contributed by atoms with Gasteiger partial charge >= 0.3 is 17.9 Å². The highest BCUT2D eigenvalue weighted by atomic mass is 16.6. The zero-order chi connectivity index (χ0) is 41.5. The Kier molecular flexibility index (Phi) is 44.9. The van der Waals surface area contributed by atoms with E-state index in [1.807, 2.05) is 0 Å². The van der Waals surface area contributed by atoms with Crippen molar-refractivity contribution < 1.29 is 28.6 Å². The number of rotatable bonds is 45. The van der Waals surface area contributed by atoms with Gasteiger partial charge in [-0.1, -0.05) is 225 Å². The highest BCUT2D eigenvalue weighted by Crippen LogP contribution is 2.16. The summed E-state index contributed by atoms with van der Waals surface area (Å²) in [5, 5.41) is 0. The number of esters is 3. The maximum Gasteiger partial charge on any atom is 0.306 e. The molecule has 57 heavy (non-hydrogen) atoms. The Hall–Kier alpha value is -2.11. The summed E-state index contributed by atoms with van der Waals surface area (Å²) < 4.78 is 16.7. The summed E-state index contributed by atoms with van der Waals surface area (Å²) in [5.41, 5.74) is 0. The Morgan fingerprint density at radius 1 is 0.368 bits per heavy atom. The standard InChI is InChI=1S/C51H94O6/c1-4-7-10-13-16-19-21-23-25-26-28-29-32-35-38-41-44-50(53)56-47-48(46-55-49(52)43-40-37-34-31-18-15-12-9-6-3)57-51(54)45-42-39-36-33-30-27-24-22-20-17-14-11-8-5-2/h9,12,18,31,48H,4-8,10-11,13-17,19-30,32-47H2,1-3H3/b12-9-,31-18-. The lowest BCUT2D eigenvalue weighted by Crippen LogP contribution is -2.30. The van der Waals surface area contributed by atoms with E-state index in [0.29, 0.717) is 19.3 Å². The van der Waals surface area contributed by atoms with Crippen molar-refractivity contribution in [2.45, 2.75) is 271 Å². The Labute approximate surface area is 353 Å². The van der Waals surface area contributed by atoms with E-state index >= 15 is 0 Å². The van der Waals surface area contributed by atoms with Crippen molar-refractivity contribution >= 4 is 17.9 Å². The summed E-state index contributed by atoms with van der Waals surface area (Å²) in [6.07, 6.45) is 51.7. The van der Waals surface area contributed by atoms with Crippen LogP contribution in [-0.2, 0) is 28.6 Å². The second kappa shape index (κ2) is 46.6. The molecule has 0 aromatic carbocycles. The zero-order valence-corrected chi connectivity index (χ0v) is 38.1. The van der Waals surface area contributed by atoms with E-state index in [2.05, 4.69) is 45.1 Å². The van der Waals surface area contributed by atoms with Crippen LogP contribution >= 0.6 is 0 Å². The molecule has 0 spiro atoms. The first-order valence-corrected chi connectivity index (χ1v) is 24.8. The normalized spacial score (nSPS) is 12.1. The molecule has 0 aromatic heterocycles. The number of carbonyl (C=O) groups is 3.